The molecule has 0 atom stereocenters. The van der Waals surface area contributed by atoms with E-state index >= 15 is 0 Å². The van der Waals surface area contributed by atoms with Gasteiger partial charge in [0.05, 0.1) is 10.6 Å². The third kappa shape index (κ3) is 7.07. The molecule has 5 rings (SSSR count). The molecule has 3 aromatic rings. The number of carbonyl (C=O) groups excluding carboxylic acids is 1. The van der Waals surface area contributed by atoms with Crippen LogP contribution in [0.5, 0.6) is 0 Å². The fourth-order valence-electron chi connectivity index (χ4n) is 5.31. The summed E-state index contributed by atoms with van der Waals surface area (Å²) in [6.45, 7) is 7.44. The molecule has 200 valence electrons. The first-order valence-electron chi connectivity index (χ1n) is 13.1. The smallest absolute Gasteiger partial charge is 0.253 e. The highest BCUT2D eigenvalue weighted by Crippen LogP contribution is 2.27. The molecule has 1 aromatic heterocycles. The van der Waals surface area contributed by atoms with Crippen LogP contribution in [0.3, 0.4) is 0 Å². The molecule has 9 heteroatoms. The van der Waals surface area contributed by atoms with Crippen LogP contribution in [0.25, 0.3) is 0 Å². The number of pyridine rings is 1. The summed E-state index contributed by atoms with van der Waals surface area (Å²) in [5.41, 5.74) is 2.76. The Bertz CT molecular complexity index is 1240. The fraction of sp³-hybridized carbons (Fsp3) is 0.379. The molecule has 2 saturated heterocycles. The summed E-state index contributed by atoms with van der Waals surface area (Å²) >= 11 is 16.1. The summed E-state index contributed by atoms with van der Waals surface area (Å²) in [7, 11) is 0. The molecule has 6 nitrogen and oxygen atoms in total. The molecule has 0 saturated carbocycles. The van der Waals surface area contributed by atoms with Gasteiger partial charge in [0.1, 0.15) is 5.82 Å². The average Bonchev–Trinajstić information content (AvgIpc) is 2.93. The molecule has 3 heterocycles. The summed E-state index contributed by atoms with van der Waals surface area (Å²) in [4.78, 5) is 24.6. The Morgan fingerprint density at radius 3 is 2.37 bits per heavy atom. The third-order valence-electron chi connectivity index (χ3n) is 7.43. The number of aromatic nitrogens is 1. The summed E-state index contributed by atoms with van der Waals surface area (Å²) in [5, 5.41) is 4.06. The highest BCUT2D eigenvalue weighted by molar-refractivity contribution is 9.10. The van der Waals surface area contributed by atoms with Crippen molar-refractivity contribution in [3.05, 3.63) is 92.0 Å². The monoisotopic (exact) mass is 615 g/mol. The maximum Gasteiger partial charge on any atom is 0.253 e. The van der Waals surface area contributed by atoms with Crippen LogP contribution in [0.2, 0.25) is 10.0 Å². The highest BCUT2D eigenvalue weighted by Gasteiger charge is 2.28. The second kappa shape index (κ2) is 12.8. The zero-order valence-corrected chi connectivity index (χ0v) is 24.4. The van der Waals surface area contributed by atoms with Gasteiger partial charge in [-0.05, 0) is 67.4 Å². The zero-order valence-electron chi connectivity index (χ0n) is 21.3. The van der Waals surface area contributed by atoms with Crippen molar-refractivity contribution in [2.45, 2.75) is 32.0 Å². The maximum atomic E-state index is 12.6. The van der Waals surface area contributed by atoms with Crippen molar-refractivity contribution in [3.63, 3.8) is 0 Å². The Hall–Kier alpha value is -2.16. The van der Waals surface area contributed by atoms with E-state index in [4.69, 9.17) is 23.2 Å². The van der Waals surface area contributed by atoms with Crippen LogP contribution >= 0.6 is 39.1 Å². The van der Waals surface area contributed by atoms with Crippen molar-refractivity contribution in [1.29, 1.82) is 0 Å². The van der Waals surface area contributed by atoms with Gasteiger partial charge < -0.3 is 10.2 Å². The summed E-state index contributed by atoms with van der Waals surface area (Å²) in [5.74, 6) is 0.546. The number of anilines is 1. The fourth-order valence-corrected chi connectivity index (χ4v) is 6.07. The Labute approximate surface area is 243 Å². The van der Waals surface area contributed by atoms with Crippen LogP contribution in [0, 0.1) is 0 Å². The second-order valence-corrected chi connectivity index (χ2v) is 11.8. The van der Waals surface area contributed by atoms with E-state index in [0.717, 1.165) is 61.7 Å². The number of hydrogen-bond acceptors (Lipinski definition) is 5. The quantitative estimate of drug-likeness (QED) is 0.360. The lowest BCUT2D eigenvalue weighted by atomic mass is 10.0. The van der Waals surface area contributed by atoms with Crippen molar-refractivity contribution < 1.29 is 4.79 Å². The molecule has 0 radical (unpaired) electrons. The molecule has 2 aromatic carbocycles. The normalized spacial score (nSPS) is 17.5. The number of likely N-dealkylation sites (tertiary alicyclic amines) is 1. The molecule has 2 fully saturated rings. The van der Waals surface area contributed by atoms with Gasteiger partial charge >= 0.3 is 0 Å². The maximum absolute atomic E-state index is 12.6. The first kappa shape index (κ1) is 27.4. The van der Waals surface area contributed by atoms with E-state index in [9.17, 15) is 4.79 Å². The Morgan fingerprint density at radius 1 is 0.947 bits per heavy atom. The van der Waals surface area contributed by atoms with E-state index < -0.39 is 0 Å². The number of piperazine rings is 1. The van der Waals surface area contributed by atoms with Crippen LogP contribution in [0.4, 0.5) is 5.82 Å². The van der Waals surface area contributed by atoms with Gasteiger partial charge in [-0.3, -0.25) is 14.6 Å². The number of nitrogens with zero attached hydrogens (tertiary/aromatic N) is 4. The Morgan fingerprint density at radius 2 is 1.68 bits per heavy atom. The van der Waals surface area contributed by atoms with Crippen LogP contribution in [-0.2, 0) is 13.1 Å². The van der Waals surface area contributed by atoms with Gasteiger partial charge in [-0.1, -0.05) is 63.4 Å². The minimum Gasteiger partial charge on any atom is -0.353 e. The largest absolute Gasteiger partial charge is 0.353 e. The average molecular weight is 617 g/mol. The number of halogens is 3. The lowest BCUT2D eigenvalue weighted by Gasteiger charge is -2.43. The van der Waals surface area contributed by atoms with Gasteiger partial charge in [-0.25, -0.2) is 4.98 Å². The van der Waals surface area contributed by atoms with E-state index in [2.05, 4.69) is 65.2 Å². The van der Waals surface area contributed by atoms with Crippen LogP contribution < -0.4 is 10.2 Å². The van der Waals surface area contributed by atoms with Crippen LogP contribution in [0.15, 0.2) is 65.3 Å². The van der Waals surface area contributed by atoms with Crippen molar-refractivity contribution in [2.75, 3.05) is 44.2 Å². The van der Waals surface area contributed by atoms with Crippen molar-refractivity contribution >= 4 is 50.9 Å². The van der Waals surface area contributed by atoms with E-state index in [1.165, 1.54) is 18.4 Å². The molecule has 2 aliphatic heterocycles. The Balaban J connectivity index is 1.08. The molecular weight excluding hydrogens is 585 g/mol. The predicted molar refractivity (Wildman–Crippen MR) is 158 cm³/mol. The molecule has 1 N–H and O–H groups in total. The van der Waals surface area contributed by atoms with E-state index in [0.29, 0.717) is 28.2 Å². The minimum absolute atomic E-state index is 0.206. The van der Waals surface area contributed by atoms with E-state index in [1.54, 1.807) is 12.3 Å². The van der Waals surface area contributed by atoms with Gasteiger partial charge in [0, 0.05) is 61.0 Å². The topological polar surface area (TPSA) is 51.7 Å². The van der Waals surface area contributed by atoms with Crippen LogP contribution in [-0.4, -0.2) is 66.0 Å². The van der Waals surface area contributed by atoms with Gasteiger partial charge in [0.15, 0.2) is 0 Å². The SMILES string of the molecule is O=C(NCc1cccc(Cl)c1)c1cnc(N2CCN(C3CCN(Cc4ccc(Br)cc4)CC3)CC2)c(Cl)c1. The molecule has 2 aliphatic rings. The molecule has 0 unspecified atom stereocenters. The zero-order chi connectivity index (χ0) is 26.5. The summed E-state index contributed by atoms with van der Waals surface area (Å²) in [6.07, 6.45) is 4.02. The van der Waals surface area contributed by atoms with Gasteiger partial charge in [0.2, 0.25) is 0 Å². The number of nitrogens with one attached hydrogen (secondary N) is 1. The first-order chi connectivity index (χ1) is 18.4. The predicted octanol–water partition coefficient (Wildman–Crippen LogP) is 5.87. The second-order valence-electron chi connectivity index (χ2n) is 10.00. The lowest BCUT2D eigenvalue weighted by molar-refractivity contribution is 0.0950. The van der Waals surface area contributed by atoms with Crippen molar-refractivity contribution in [1.82, 2.24) is 20.1 Å². The molecular formula is C29H32BrCl2N5O. The van der Waals surface area contributed by atoms with Gasteiger partial charge in [-0.15, -0.1) is 0 Å². The van der Waals surface area contributed by atoms with Crippen LogP contribution in [0.1, 0.15) is 34.3 Å². The van der Waals surface area contributed by atoms with E-state index in [1.807, 2.05) is 24.3 Å². The summed E-state index contributed by atoms with van der Waals surface area (Å²) < 4.78 is 1.13. The number of benzene rings is 2. The number of amides is 1. The summed E-state index contributed by atoms with van der Waals surface area (Å²) in [6, 6.07) is 18.4. The van der Waals surface area contributed by atoms with E-state index in [-0.39, 0.29) is 5.91 Å². The standard InChI is InChI=1S/C29H32BrCl2N5O/c30-24-6-4-21(5-7-24)20-35-10-8-26(9-11-35)36-12-14-37(15-13-36)28-27(32)17-23(19-33-28)29(38)34-18-22-2-1-3-25(31)16-22/h1-7,16-17,19,26H,8-15,18,20H2,(H,34,38). The minimum atomic E-state index is -0.206. The number of carbonyl (C=O) groups is 1. The third-order valence-corrected chi connectivity index (χ3v) is 8.47. The first-order valence-corrected chi connectivity index (χ1v) is 14.6. The molecule has 0 spiro atoms. The number of rotatable bonds is 7. The van der Waals surface area contributed by atoms with Crippen molar-refractivity contribution in [3.8, 4) is 0 Å². The van der Waals surface area contributed by atoms with Gasteiger partial charge in [0.25, 0.3) is 5.91 Å². The molecule has 38 heavy (non-hydrogen) atoms. The lowest BCUT2D eigenvalue weighted by Crippen LogP contribution is -2.53. The highest BCUT2D eigenvalue weighted by atomic mass is 79.9. The van der Waals surface area contributed by atoms with Gasteiger partial charge in [-0.2, -0.15) is 0 Å². The van der Waals surface area contributed by atoms with Crippen molar-refractivity contribution in [2.24, 2.45) is 0 Å². The molecule has 1 amide bonds. The number of piperidine rings is 1. The molecule has 0 aliphatic carbocycles. The Kier molecular flexibility index (Phi) is 9.23. The molecule has 0 bridgehead atoms. The number of hydrogen-bond donors (Lipinski definition) is 1.